The quantitative estimate of drug-likeness (QED) is 0.642. The molecular formula is C10H9ClN2. The summed E-state index contributed by atoms with van der Waals surface area (Å²) in [4.78, 5) is 8.59. The minimum atomic E-state index is 0.741. The van der Waals surface area contributed by atoms with E-state index in [1.807, 2.05) is 26.0 Å². The number of hydrogen-bond donors (Lipinski definition) is 0. The van der Waals surface area contributed by atoms with E-state index in [4.69, 9.17) is 11.6 Å². The summed E-state index contributed by atoms with van der Waals surface area (Å²) < 4.78 is 0. The molecule has 0 aliphatic rings. The summed E-state index contributed by atoms with van der Waals surface area (Å²) in [6.07, 6.45) is 1.74. The number of rotatable bonds is 0. The second-order valence-electron chi connectivity index (χ2n) is 3.10. The molecule has 0 N–H and O–H groups in total. The molecule has 0 radical (unpaired) electrons. The molecule has 0 unspecified atom stereocenters. The van der Waals surface area contributed by atoms with Gasteiger partial charge in [0.2, 0.25) is 0 Å². The van der Waals surface area contributed by atoms with Crippen molar-refractivity contribution in [3.05, 3.63) is 34.6 Å². The van der Waals surface area contributed by atoms with Gasteiger partial charge >= 0.3 is 0 Å². The van der Waals surface area contributed by atoms with Gasteiger partial charge in [0.1, 0.15) is 0 Å². The van der Waals surface area contributed by atoms with Gasteiger partial charge in [-0.15, -0.1) is 0 Å². The van der Waals surface area contributed by atoms with Crippen molar-refractivity contribution in [2.45, 2.75) is 13.8 Å². The second-order valence-corrected chi connectivity index (χ2v) is 3.51. The summed E-state index contributed by atoms with van der Waals surface area (Å²) in [5.41, 5.74) is 3.71. The monoisotopic (exact) mass is 192 g/mol. The Bertz CT molecular complexity index is 466. The molecule has 1 aromatic heterocycles. The summed E-state index contributed by atoms with van der Waals surface area (Å²) in [7, 11) is 0. The van der Waals surface area contributed by atoms with Crippen LogP contribution in [0.5, 0.6) is 0 Å². The Balaban J connectivity index is 2.81. The van der Waals surface area contributed by atoms with E-state index in [0.717, 1.165) is 27.3 Å². The molecule has 0 saturated heterocycles. The molecule has 0 aliphatic heterocycles. The van der Waals surface area contributed by atoms with Gasteiger partial charge < -0.3 is 0 Å². The molecule has 0 atom stereocenters. The van der Waals surface area contributed by atoms with E-state index in [-0.39, 0.29) is 0 Å². The number of halogens is 1. The number of nitrogens with zero attached hydrogens (tertiary/aromatic N) is 2. The molecule has 0 spiro atoms. The van der Waals surface area contributed by atoms with Gasteiger partial charge in [0.25, 0.3) is 0 Å². The van der Waals surface area contributed by atoms with Crippen LogP contribution in [0.15, 0.2) is 18.3 Å². The Morgan fingerprint density at radius 1 is 1.15 bits per heavy atom. The first-order valence-corrected chi connectivity index (χ1v) is 4.44. The van der Waals surface area contributed by atoms with Gasteiger partial charge in [0.05, 0.1) is 16.7 Å². The molecule has 2 aromatic rings. The first-order valence-electron chi connectivity index (χ1n) is 4.06. The summed E-state index contributed by atoms with van der Waals surface area (Å²) >= 11 is 5.96. The van der Waals surface area contributed by atoms with Crippen LogP contribution < -0.4 is 0 Å². The van der Waals surface area contributed by atoms with Gasteiger partial charge in [-0.25, -0.2) is 4.98 Å². The van der Waals surface area contributed by atoms with Crippen molar-refractivity contribution in [1.29, 1.82) is 0 Å². The highest BCUT2D eigenvalue weighted by molar-refractivity contribution is 6.32. The molecule has 3 heteroatoms. The molecular weight excluding hydrogens is 184 g/mol. The van der Waals surface area contributed by atoms with Crippen molar-refractivity contribution in [1.82, 2.24) is 9.97 Å². The highest BCUT2D eigenvalue weighted by atomic mass is 35.5. The summed E-state index contributed by atoms with van der Waals surface area (Å²) in [5, 5.41) is 0.741. The van der Waals surface area contributed by atoms with Crippen LogP contribution in [-0.2, 0) is 0 Å². The van der Waals surface area contributed by atoms with Gasteiger partial charge in [-0.1, -0.05) is 11.6 Å². The summed E-state index contributed by atoms with van der Waals surface area (Å²) in [6, 6.07) is 3.80. The predicted molar refractivity (Wildman–Crippen MR) is 54.0 cm³/mol. The van der Waals surface area contributed by atoms with Gasteiger partial charge in [0.15, 0.2) is 0 Å². The van der Waals surface area contributed by atoms with E-state index in [0.29, 0.717) is 0 Å². The molecule has 66 valence electrons. The lowest BCUT2D eigenvalue weighted by Crippen LogP contribution is -1.88. The Morgan fingerprint density at radius 2 is 1.92 bits per heavy atom. The molecule has 0 amide bonds. The van der Waals surface area contributed by atoms with Crippen molar-refractivity contribution in [2.75, 3.05) is 0 Å². The van der Waals surface area contributed by atoms with Crippen LogP contribution in [0.25, 0.3) is 11.0 Å². The molecule has 2 nitrogen and oxygen atoms in total. The normalized spacial score (nSPS) is 10.7. The lowest BCUT2D eigenvalue weighted by molar-refractivity contribution is 1.18. The lowest BCUT2D eigenvalue weighted by Gasteiger charge is -2.01. The number of fused-ring (bicyclic) bond motifs is 1. The first kappa shape index (κ1) is 8.45. The number of benzene rings is 1. The molecule has 13 heavy (non-hydrogen) atoms. The van der Waals surface area contributed by atoms with E-state index in [9.17, 15) is 0 Å². The van der Waals surface area contributed by atoms with Crippen LogP contribution in [0, 0.1) is 13.8 Å². The van der Waals surface area contributed by atoms with E-state index in [2.05, 4.69) is 9.97 Å². The fraction of sp³-hybridized carbons (Fsp3) is 0.200. The SMILES string of the molecule is Cc1cnc2cc(Cl)c(C)cc2n1. The maximum absolute atomic E-state index is 5.96. The van der Waals surface area contributed by atoms with Crippen LogP contribution >= 0.6 is 11.6 Å². The van der Waals surface area contributed by atoms with Crippen LogP contribution in [0.1, 0.15) is 11.3 Å². The van der Waals surface area contributed by atoms with Crippen molar-refractivity contribution < 1.29 is 0 Å². The Labute approximate surface area is 81.6 Å². The van der Waals surface area contributed by atoms with E-state index in [1.165, 1.54) is 0 Å². The Hall–Kier alpha value is -1.15. The fourth-order valence-electron chi connectivity index (χ4n) is 1.23. The third kappa shape index (κ3) is 1.49. The number of hydrogen-bond acceptors (Lipinski definition) is 2. The topological polar surface area (TPSA) is 25.8 Å². The van der Waals surface area contributed by atoms with Crippen LogP contribution in [-0.4, -0.2) is 9.97 Å². The zero-order valence-corrected chi connectivity index (χ0v) is 8.26. The largest absolute Gasteiger partial charge is 0.253 e. The lowest BCUT2D eigenvalue weighted by atomic mass is 10.2. The molecule has 1 heterocycles. The maximum Gasteiger partial charge on any atom is 0.0902 e. The fourth-order valence-corrected chi connectivity index (χ4v) is 1.39. The molecule has 2 rings (SSSR count). The zero-order valence-electron chi connectivity index (χ0n) is 7.50. The molecule has 0 fully saturated rings. The third-order valence-electron chi connectivity index (χ3n) is 1.94. The average Bonchev–Trinajstić information content (AvgIpc) is 2.08. The Kier molecular flexibility index (Phi) is 1.93. The molecule has 0 saturated carbocycles. The number of aromatic nitrogens is 2. The first-order chi connectivity index (χ1) is 6.16. The van der Waals surface area contributed by atoms with E-state index >= 15 is 0 Å². The number of aryl methyl sites for hydroxylation is 2. The van der Waals surface area contributed by atoms with Gasteiger partial charge in [-0.3, -0.25) is 4.98 Å². The smallest absolute Gasteiger partial charge is 0.0902 e. The van der Waals surface area contributed by atoms with Crippen molar-refractivity contribution in [3.8, 4) is 0 Å². The van der Waals surface area contributed by atoms with Crippen molar-refractivity contribution in [2.24, 2.45) is 0 Å². The minimum Gasteiger partial charge on any atom is -0.253 e. The Morgan fingerprint density at radius 3 is 2.69 bits per heavy atom. The van der Waals surface area contributed by atoms with Gasteiger partial charge in [-0.05, 0) is 31.5 Å². The molecule has 1 aromatic carbocycles. The van der Waals surface area contributed by atoms with Crippen LogP contribution in [0.3, 0.4) is 0 Å². The van der Waals surface area contributed by atoms with Gasteiger partial charge in [0, 0.05) is 11.2 Å². The zero-order chi connectivity index (χ0) is 9.42. The van der Waals surface area contributed by atoms with Crippen LogP contribution in [0.4, 0.5) is 0 Å². The highest BCUT2D eigenvalue weighted by Crippen LogP contribution is 2.20. The van der Waals surface area contributed by atoms with Crippen LogP contribution in [0.2, 0.25) is 5.02 Å². The summed E-state index contributed by atoms with van der Waals surface area (Å²) in [6.45, 7) is 3.89. The van der Waals surface area contributed by atoms with Crippen molar-refractivity contribution in [3.63, 3.8) is 0 Å². The van der Waals surface area contributed by atoms with E-state index in [1.54, 1.807) is 6.20 Å². The molecule has 0 aliphatic carbocycles. The minimum absolute atomic E-state index is 0.741. The predicted octanol–water partition coefficient (Wildman–Crippen LogP) is 2.90. The highest BCUT2D eigenvalue weighted by Gasteiger charge is 2.01. The van der Waals surface area contributed by atoms with E-state index < -0.39 is 0 Å². The maximum atomic E-state index is 5.96. The standard InChI is InChI=1S/C10H9ClN2/c1-6-3-10-9(4-8(6)11)12-5-7(2)13-10/h3-5H,1-2H3. The molecule has 0 bridgehead atoms. The second kappa shape index (κ2) is 2.96. The van der Waals surface area contributed by atoms with Gasteiger partial charge in [-0.2, -0.15) is 0 Å². The average molecular weight is 193 g/mol. The van der Waals surface area contributed by atoms with Crippen molar-refractivity contribution >= 4 is 22.6 Å². The summed E-state index contributed by atoms with van der Waals surface area (Å²) in [5.74, 6) is 0. The third-order valence-corrected chi connectivity index (χ3v) is 2.35.